The van der Waals surface area contributed by atoms with Crippen LogP contribution in [0.25, 0.3) is 10.8 Å². The van der Waals surface area contributed by atoms with E-state index in [1.807, 2.05) is 18.2 Å². The highest BCUT2D eigenvalue weighted by atomic mass is 35.5. The molecule has 0 radical (unpaired) electrons. The second kappa shape index (κ2) is 3.93. The van der Waals surface area contributed by atoms with Crippen LogP contribution < -0.4 is 5.32 Å². The molecule has 0 aromatic heterocycles. The first-order valence-electron chi connectivity index (χ1n) is 5.48. The topological polar surface area (TPSA) is 32.3 Å². The lowest BCUT2D eigenvalue weighted by molar-refractivity contribution is 0.482. The second-order valence-corrected chi connectivity index (χ2v) is 5.02. The van der Waals surface area contributed by atoms with Crippen LogP contribution in [-0.4, -0.2) is 17.5 Å². The Balaban J connectivity index is 2.43. The number of nitrogens with one attached hydrogen (secondary N) is 1. The molecular formula is C13H11ClNOS-. The molecule has 2 aromatic carbocycles. The summed E-state index contributed by atoms with van der Waals surface area (Å²) >= 11 is 11.4. The monoisotopic (exact) mass is 264 g/mol. The van der Waals surface area contributed by atoms with Gasteiger partial charge in [0.1, 0.15) is 5.75 Å². The maximum absolute atomic E-state index is 10.00. The van der Waals surface area contributed by atoms with Crippen molar-refractivity contribution in [3.8, 4) is 5.75 Å². The third kappa shape index (κ3) is 1.53. The molecule has 3 rings (SSSR count). The number of phenols is 1. The first-order chi connectivity index (χ1) is 8.22. The first-order valence-corrected chi connectivity index (χ1v) is 6.42. The van der Waals surface area contributed by atoms with Gasteiger partial charge in [-0.15, -0.1) is 11.6 Å². The van der Waals surface area contributed by atoms with Gasteiger partial charge in [-0.3, -0.25) is 0 Å². The maximum atomic E-state index is 10.00. The lowest BCUT2D eigenvalue weighted by Crippen LogP contribution is -2.03. The number of rotatable bonds is 1. The molecule has 2 nitrogen and oxygen atoms in total. The molecule has 0 saturated heterocycles. The Morgan fingerprint density at radius 2 is 2.29 bits per heavy atom. The van der Waals surface area contributed by atoms with Gasteiger partial charge in [0.2, 0.25) is 0 Å². The molecule has 0 amide bonds. The van der Waals surface area contributed by atoms with Crippen LogP contribution in [0.4, 0.5) is 5.69 Å². The van der Waals surface area contributed by atoms with Crippen LogP contribution in [0.2, 0.25) is 0 Å². The van der Waals surface area contributed by atoms with E-state index in [1.54, 1.807) is 6.07 Å². The normalized spacial score (nSPS) is 18.1. The van der Waals surface area contributed by atoms with Crippen molar-refractivity contribution in [2.24, 2.45) is 0 Å². The summed E-state index contributed by atoms with van der Waals surface area (Å²) in [5.74, 6) is 1.09. The number of hydrogen-bond donors (Lipinski definition) is 2. The van der Waals surface area contributed by atoms with Crippen molar-refractivity contribution < 1.29 is 5.11 Å². The number of fused-ring (bicyclic) bond motifs is 3. The van der Waals surface area contributed by atoms with E-state index >= 15 is 0 Å². The second-order valence-electron chi connectivity index (χ2n) is 4.27. The molecule has 1 atom stereocenters. The Bertz CT molecular complexity index is 599. The van der Waals surface area contributed by atoms with Gasteiger partial charge < -0.3 is 23.1 Å². The summed E-state index contributed by atoms with van der Waals surface area (Å²) < 4.78 is 0. The summed E-state index contributed by atoms with van der Waals surface area (Å²) in [7, 11) is 0. The zero-order chi connectivity index (χ0) is 12.0. The summed E-state index contributed by atoms with van der Waals surface area (Å²) in [5.41, 5.74) is 2.11. The van der Waals surface area contributed by atoms with E-state index in [0.717, 1.165) is 33.5 Å². The van der Waals surface area contributed by atoms with Gasteiger partial charge in [-0.25, -0.2) is 0 Å². The predicted octanol–water partition coefficient (Wildman–Crippen LogP) is 3.20. The van der Waals surface area contributed by atoms with E-state index in [-0.39, 0.29) is 11.7 Å². The van der Waals surface area contributed by atoms with E-state index in [4.69, 9.17) is 24.2 Å². The van der Waals surface area contributed by atoms with Crippen LogP contribution in [-0.2, 0) is 12.6 Å². The minimum atomic E-state index is 0.263. The Labute approximate surface area is 110 Å². The molecule has 1 heterocycles. The molecule has 0 aliphatic carbocycles. The molecule has 1 aliphatic rings. The smallest absolute Gasteiger partial charge is 0.125 e. The average Bonchev–Trinajstić information content (AvgIpc) is 2.72. The largest absolute Gasteiger partial charge is 0.779 e. The summed E-state index contributed by atoms with van der Waals surface area (Å²) in [6, 6.07) is 7.42. The van der Waals surface area contributed by atoms with Gasteiger partial charge in [0.15, 0.2) is 0 Å². The van der Waals surface area contributed by atoms with Gasteiger partial charge in [0.05, 0.1) is 0 Å². The predicted molar refractivity (Wildman–Crippen MR) is 73.2 cm³/mol. The SMILES string of the molecule is Oc1cc2c(c3c([S-])cccc13)C(CCl)CN2. The third-order valence-corrected chi connectivity index (χ3v) is 3.99. The molecular weight excluding hydrogens is 254 g/mol. The standard InChI is InChI=1S/C13H12ClNOS/c14-5-7-6-15-9-4-10(16)8-2-1-3-11(17)13(8)12(7)9/h1-4,7,15-17H,5-6H2/p-1. The number of aromatic hydroxyl groups is 1. The van der Waals surface area contributed by atoms with Gasteiger partial charge in [0, 0.05) is 35.5 Å². The fourth-order valence-corrected chi connectivity index (χ4v) is 3.05. The highest BCUT2D eigenvalue weighted by Crippen LogP contribution is 2.43. The van der Waals surface area contributed by atoms with E-state index in [2.05, 4.69) is 5.32 Å². The number of anilines is 1. The van der Waals surface area contributed by atoms with E-state index in [1.165, 1.54) is 0 Å². The molecule has 0 fully saturated rings. The number of alkyl halides is 1. The van der Waals surface area contributed by atoms with Crippen molar-refractivity contribution in [3.63, 3.8) is 0 Å². The summed E-state index contributed by atoms with van der Waals surface area (Å²) in [5, 5.41) is 15.1. The van der Waals surface area contributed by atoms with Crippen LogP contribution >= 0.6 is 11.6 Å². The maximum Gasteiger partial charge on any atom is 0.125 e. The molecule has 1 aliphatic heterocycles. The van der Waals surface area contributed by atoms with E-state index in [0.29, 0.717) is 5.88 Å². The first kappa shape index (κ1) is 10.9. The van der Waals surface area contributed by atoms with Gasteiger partial charge in [-0.05, 0) is 10.9 Å². The van der Waals surface area contributed by atoms with Crippen molar-refractivity contribution in [1.29, 1.82) is 0 Å². The zero-order valence-electron chi connectivity index (χ0n) is 9.03. The number of halogens is 1. The van der Waals surface area contributed by atoms with Crippen molar-refractivity contribution in [3.05, 3.63) is 29.8 Å². The molecule has 2 N–H and O–H groups in total. The Hall–Kier alpha value is -1.19. The molecule has 0 spiro atoms. The van der Waals surface area contributed by atoms with Crippen LogP contribution in [0.5, 0.6) is 5.75 Å². The number of benzene rings is 2. The Kier molecular flexibility index (Phi) is 2.53. The zero-order valence-corrected chi connectivity index (χ0v) is 10.6. The number of hydrogen-bond acceptors (Lipinski definition) is 3. The molecule has 4 heteroatoms. The summed E-state index contributed by atoms with van der Waals surface area (Å²) in [4.78, 5) is 0.772. The molecule has 0 bridgehead atoms. The number of phenolic OH excluding ortho intramolecular Hbond substituents is 1. The molecule has 17 heavy (non-hydrogen) atoms. The van der Waals surface area contributed by atoms with E-state index < -0.39 is 0 Å². The highest BCUT2D eigenvalue weighted by Gasteiger charge is 2.25. The van der Waals surface area contributed by atoms with Crippen molar-refractivity contribution in [2.75, 3.05) is 17.7 Å². The minimum absolute atomic E-state index is 0.263. The van der Waals surface area contributed by atoms with Gasteiger partial charge in [-0.2, -0.15) is 4.90 Å². The van der Waals surface area contributed by atoms with Gasteiger partial charge in [0.25, 0.3) is 0 Å². The fourth-order valence-electron chi connectivity index (χ4n) is 2.49. The Morgan fingerprint density at radius 3 is 3.06 bits per heavy atom. The molecule has 2 aromatic rings. The minimum Gasteiger partial charge on any atom is -0.779 e. The fraction of sp³-hybridized carbons (Fsp3) is 0.231. The molecule has 88 valence electrons. The van der Waals surface area contributed by atoms with Crippen LogP contribution in [0.1, 0.15) is 11.5 Å². The molecule has 0 saturated carbocycles. The average molecular weight is 265 g/mol. The van der Waals surface area contributed by atoms with Crippen molar-refractivity contribution >= 4 is 40.7 Å². The van der Waals surface area contributed by atoms with Crippen LogP contribution in [0.15, 0.2) is 29.2 Å². The lowest BCUT2D eigenvalue weighted by atomic mass is 9.95. The quantitative estimate of drug-likeness (QED) is 0.613. The third-order valence-electron chi connectivity index (χ3n) is 3.28. The van der Waals surface area contributed by atoms with Gasteiger partial charge >= 0.3 is 0 Å². The lowest BCUT2D eigenvalue weighted by Gasteiger charge is -2.18. The summed E-state index contributed by atoms with van der Waals surface area (Å²) in [6.45, 7) is 0.807. The van der Waals surface area contributed by atoms with Crippen molar-refractivity contribution in [1.82, 2.24) is 0 Å². The van der Waals surface area contributed by atoms with Crippen molar-refractivity contribution in [2.45, 2.75) is 10.8 Å². The van der Waals surface area contributed by atoms with Gasteiger partial charge in [-0.1, -0.05) is 18.2 Å². The Morgan fingerprint density at radius 1 is 1.47 bits per heavy atom. The summed E-state index contributed by atoms with van der Waals surface area (Å²) in [6.07, 6.45) is 0. The van der Waals surface area contributed by atoms with Crippen LogP contribution in [0, 0.1) is 0 Å². The van der Waals surface area contributed by atoms with Crippen LogP contribution in [0.3, 0.4) is 0 Å². The molecule has 1 unspecified atom stereocenters. The van der Waals surface area contributed by atoms with E-state index in [9.17, 15) is 5.11 Å². The highest BCUT2D eigenvalue weighted by molar-refractivity contribution is 7.59.